The summed E-state index contributed by atoms with van der Waals surface area (Å²) in [6.07, 6.45) is 6.29. The number of hydrogen-bond donors (Lipinski definition) is 1. The third kappa shape index (κ3) is 5.47. The van der Waals surface area contributed by atoms with Gasteiger partial charge in [-0.25, -0.2) is 9.97 Å². The molecule has 2 aliphatic heterocycles. The highest BCUT2D eigenvalue weighted by Crippen LogP contribution is 2.49. The van der Waals surface area contributed by atoms with E-state index in [4.69, 9.17) is 29.8 Å². The average Bonchev–Trinajstić information content (AvgIpc) is 3.75. The minimum Gasteiger partial charge on any atom is -0.473 e. The maximum atomic E-state index is 12.2. The summed E-state index contributed by atoms with van der Waals surface area (Å²) in [5.74, 6) is 1.98. The smallest absolute Gasteiger partial charge is 0.246 e. The average molecular weight is 620 g/mol. The number of nitrogen functional groups attached to an aromatic ring is 1. The van der Waals surface area contributed by atoms with E-state index in [9.17, 15) is 10.1 Å². The van der Waals surface area contributed by atoms with Crippen molar-refractivity contribution in [3.8, 4) is 23.6 Å². The van der Waals surface area contributed by atoms with Crippen molar-refractivity contribution in [2.24, 2.45) is 0 Å². The number of hydrogen-bond acceptors (Lipinski definition) is 12. The number of piperazine rings is 1. The number of likely N-dealkylation sites (tertiary alicyclic amines) is 1. The second kappa shape index (κ2) is 11.8. The van der Waals surface area contributed by atoms with Crippen LogP contribution in [0.25, 0.3) is 11.6 Å². The first-order valence-electron chi connectivity index (χ1n) is 14.8. The summed E-state index contributed by atoms with van der Waals surface area (Å²) in [7, 11) is 2.13. The molecule has 3 aromatic rings. The number of nitrogens with zero attached hydrogens (tertiary/aromatic N) is 8. The van der Waals surface area contributed by atoms with Gasteiger partial charge >= 0.3 is 0 Å². The van der Waals surface area contributed by atoms with Crippen molar-refractivity contribution < 1.29 is 9.53 Å². The lowest BCUT2D eigenvalue weighted by atomic mass is 9.73. The Balaban J connectivity index is 1.34. The largest absolute Gasteiger partial charge is 0.473 e. The van der Waals surface area contributed by atoms with Crippen molar-refractivity contribution >= 4 is 39.6 Å². The van der Waals surface area contributed by atoms with Crippen LogP contribution in [0, 0.1) is 11.3 Å². The Morgan fingerprint density at radius 1 is 1.23 bits per heavy atom. The summed E-state index contributed by atoms with van der Waals surface area (Å²) in [5, 5.41) is 11.3. The summed E-state index contributed by atoms with van der Waals surface area (Å²) in [6, 6.07) is 4.53. The summed E-state index contributed by atoms with van der Waals surface area (Å²) in [5.41, 5.74) is 7.34. The molecule has 0 saturated carbocycles. The quantitative estimate of drug-likeness (QED) is 0.388. The molecule has 0 bridgehead atoms. The minimum absolute atomic E-state index is 0.0582. The van der Waals surface area contributed by atoms with Gasteiger partial charge in [-0.05, 0) is 82.7 Å². The Kier molecular flexibility index (Phi) is 8.10. The first-order chi connectivity index (χ1) is 20.7. The second-order valence-electron chi connectivity index (χ2n) is 11.8. The first kappa shape index (κ1) is 29.5. The van der Waals surface area contributed by atoms with E-state index in [1.54, 1.807) is 4.90 Å². The molecule has 6 rings (SSSR count). The standard InChI is InChI=1S/C30H37N9O2S2/c1-5-24(40)39-14-12-38(13-15-39)22-16-23(41-18(2)20-8-7-11-37(20)4)34-27(33-22)28-35-29(43-36-28)30(3)10-6-9-21-25(30)19(17-31)26(32)42-21/h5,16,18,20H,1,6-15,32H2,2-4H3/t18-,20-,30-/m0/s1. The van der Waals surface area contributed by atoms with Crippen molar-refractivity contribution in [3.05, 3.63) is 39.7 Å². The molecule has 3 aromatic heterocycles. The molecule has 2 saturated heterocycles. The van der Waals surface area contributed by atoms with Crippen LogP contribution in [0.5, 0.6) is 5.88 Å². The van der Waals surface area contributed by atoms with E-state index in [-0.39, 0.29) is 12.0 Å². The molecule has 2 N–H and O–H groups in total. The van der Waals surface area contributed by atoms with Crippen LogP contribution in [0.1, 0.15) is 60.5 Å². The summed E-state index contributed by atoms with van der Waals surface area (Å²) in [6.45, 7) is 11.3. The molecular formula is C30H37N9O2S2. The minimum atomic E-state index is -0.463. The van der Waals surface area contributed by atoms with Crippen LogP contribution in [0.4, 0.5) is 10.8 Å². The fourth-order valence-electron chi connectivity index (χ4n) is 6.67. The van der Waals surface area contributed by atoms with Gasteiger partial charge < -0.3 is 20.3 Å². The number of aryl methyl sites for hydroxylation is 1. The van der Waals surface area contributed by atoms with Crippen molar-refractivity contribution in [2.45, 2.75) is 63.5 Å². The van der Waals surface area contributed by atoms with Crippen LogP contribution in [0.2, 0.25) is 0 Å². The van der Waals surface area contributed by atoms with Crippen molar-refractivity contribution in [3.63, 3.8) is 0 Å². The summed E-state index contributed by atoms with van der Waals surface area (Å²) in [4.78, 5) is 34.3. The number of anilines is 2. The number of carbonyl (C=O) groups is 1. The molecule has 11 nitrogen and oxygen atoms in total. The predicted octanol–water partition coefficient (Wildman–Crippen LogP) is 3.85. The van der Waals surface area contributed by atoms with E-state index < -0.39 is 5.41 Å². The number of amides is 1. The topological polar surface area (TPSA) is 137 Å². The maximum Gasteiger partial charge on any atom is 0.246 e. The monoisotopic (exact) mass is 619 g/mol. The maximum absolute atomic E-state index is 12.2. The van der Waals surface area contributed by atoms with Gasteiger partial charge in [0.15, 0.2) is 0 Å². The van der Waals surface area contributed by atoms with Gasteiger partial charge in [-0.2, -0.15) is 14.6 Å². The van der Waals surface area contributed by atoms with Gasteiger partial charge in [0.2, 0.25) is 23.4 Å². The van der Waals surface area contributed by atoms with Gasteiger partial charge in [-0.3, -0.25) is 9.69 Å². The second-order valence-corrected chi connectivity index (χ2v) is 13.7. The fourth-order valence-corrected chi connectivity index (χ4v) is 8.69. The number of rotatable bonds is 7. The van der Waals surface area contributed by atoms with E-state index in [0.717, 1.165) is 59.9 Å². The van der Waals surface area contributed by atoms with Gasteiger partial charge in [0.25, 0.3) is 0 Å². The van der Waals surface area contributed by atoms with Crippen LogP contribution in [-0.4, -0.2) is 86.9 Å². The first-order valence-corrected chi connectivity index (χ1v) is 16.4. The number of ether oxygens (including phenoxy) is 1. The van der Waals surface area contributed by atoms with E-state index in [1.165, 1.54) is 28.9 Å². The number of fused-ring (bicyclic) bond motifs is 1. The van der Waals surface area contributed by atoms with Crippen molar-refractivity contribution in [1.29, 1.82) is 5.26 Å². The predicted molar refractivity (Wildman–Crippen MR) is 169 cm³/mol. The zero-order valence-corrected chi connectivity index (χ0v) is 26.5. The lowest BCUT2D eigenvalue weighted by molar-refractivity contribution is -0.126. The number of aromatic nitrogens is 4. The zero-order valence-electron chi connectivity index (χ0n) is 24.9. The molecule has 3 aliphatic rings. The van der Waals surface area contributed by atoms with Gasteiger partial charge in [0.05, 0.1) is 5.56 Å². The molecule has 0 radical (unpaired) electrons. The van der Waals surface area contributed by atoms with Gasteiger partial charge in [0.1, 0.15) is 28.0 Å². The summed E-state index contributed by atoms with van der Waals surface area (Å²) >= 11 is 2.84. The molecule has 0 spiro atoms. The molecule has 0 aromatic carbocycles. The SMILES string of the molecule is C=CC(=O)N1CCN(c2cc(O[C@@H](C)[C@@H]3CCCN3C)nc(-c3nsc([C@@]4(C)CCCc5sc(N)c(C#N)c54)n3)n2)CC1. The normalized spacial score (nSPS) is 23.1. The lowest BCUT2D eigenvalue weighted by Gasteiger charge is -2.35. The molecule has 2 fully saturated rings. The van der Waals surface area contributed by atoms with Gasteiger partial charge in [0, 0.05) is 48.6 Å². The van der Waals surface area contributed by atoms with Crippen LogP contribution in [0.3, 0.4) is 0 Å². The molecule has 1 amide bonds. The van der Waals surface area contributed by atoms with E-state index in [2.05, 4.69) is 43.3 Å². The number of carbonyl (C=O) groups excluding carboxylic acids is 1. The Bertz CT molecular complexity index is 1570. The Morgan fingerprint density at radius 3 is 2.72 bits per heavy atom. The van der Waals surface area contributed by atoms with E-state index >= 15 is 0 Å². The Morgan fingerprint density at radius 2 is 2.02 bits per heavy atom. The molecule has 13 heteroatoms. The van der Waals surface area contributed by atoms with Crippen molar-refractivity contribution in [2.75, 3.05) is 50.4 Å². The van der Waals surface area contributed by atoms with Crippen molar-refractivity contribution in [1.82, 2.24) is 29.1 Å². The highest BCUT2D eigenvalue weighted by molar-refractivity contribution is 7.16. The lowest BCUT2D eigenvalue weighted by Crippen LogP contribution is -2.48. The highest BCUT2D eigenvalue weighted by atomic mass is 32.1. The number of likely N-dealkylation sites (N-methyl/N-ethyl adjacent to an activating group) is 1. The van der Waals surface area contributed by atoms with E-state index in [1.807, 2.05) is 6.07 Å². The highest BCUT2D eigenvalue weighted by Gasteiger charge is 2.41. The van der Waals surface area contributed by atoms with Crippen LogP contribution < -0.4 is 15.4 Å². The number of nitriles is 1. The van der Waals surface area contributed by atoms with Crippen LogP contribution >= 0.6 is 22.9 Å². The number of thiophene rings is 1. The third-order valence-electron chi connectivity index (χ3n) is 9.06. The molecular weight excluding hydrogens is 583 g/mol. The molecule has 1 aliphatic carbocycles. The molecule has 226 valence electrons. The third-order valence-corrected chi connectivity index (χ3v) is 11.1. The van der Waals surface area contributed by atoms with Gasteiger partial charge in [-0.1, -0.05) is 6.58 Å². The molecule has 43 heavy (non-hydrogen) atoms. The molecule has 5 heterocycles. The number of nitrogens with two attached hydrogens (primary N) is 1. The van der Waals surface area contributed by atoms with Crippen LogP contribution in [0.15, 0.2) is 18.7 Å². The summed E-state index contributed by atoms with van der Waals surface area (Å²) < 4.78 is 11.2. The van der Waals surface area contributed by atoms with Crippen LogP contribution in [-0.2, 0) is 16.6 Å². The molecule has 0 unspecified atom stereocenters. The Labute approximate surface area is 260 Å². The zero-order chi connectivity index (χ0) is 30.3. The van der Waals surface area contributed by atoms with E-state index in [0.29, 0.717) is 60.3 Å². The fraction of sp³-hybridized carbons (Fsp3) is 0.533. The Hall–Kier alpha value is -3.60. The molecule has 3 atom stereocenters. The van der Waals surface area contributed by atoms with Gasteiger partial charge in [-0.15, -0.1) is 11.3 Å².